The number of ketones is 1. The SMILES string of the molecule is CCCC1CCC(=O)C(CN(CCC)CCO)C1. The maximum Gasteiger partial charge on any atom is 0.137 e. The molecule has 0 spiro atoms. The van der Waals surface area contributed by atoms with Crippen molar-refractivity contribution < 1.29 is 9.90 Å². The van der Waals surface area contributed by atoms with E-state index in [4.69, 9.17) is 5.11 Å². The van der Waals surface area contributed by atoms with Gasteiger partial charge in [0, 0.05) is 25.4 Å². The third kappa shape index (κ3) is 5.07. The number of aliphatic hydroxyl groups is 1. The second-order valence-electron chi connectivity index (χ2n) is 5.62. The van der Waals surface area contributed by atoms with Crippen LogP contribution in [-0.4, -0.2) is 42.0 Å². The molecule has 0 radical (unpaired) electrons. The molecule has 1 saturated carbocycles. The topological polar surface area (TPSA) is 40.5 Å². The first-order valence-electron chi connectivity index (χ1n) is 7.57. The van der Waals surface area contributed by atoms with Crippen molar-refractivity contribution in [1.29, 1.82) is 0 Å². The minimum absolute atomic E-state index is 0.194. The Morgan fingerprint density at radius 1 is 1.28 bits per heavy atom. The van der Waals surface area contributed by atoms with Gasteiger partial charge in [0.15, 0.2) is 0 Å². The standard InChI is InChI=1S/C15H29NO2/c1-3-5-13-6-7-15(18)14(11-13)12-16(8-4-2)9-10-17/h13-14,17H,3-12H2,1-2H3. The van der Waals surface area contributed by atoms with Crippen LogP contribution in [0.15, 0.2) is 0 Å². The maximum absolute atomic E-state index is 12.0. The predicted octanol–water partition coefficient (Wildman–Crippen LogP) is 2.48. The Kier molecular flexibility index (Phi) is 7.52. The van der Waals surface area contributed by atoms with Crippen molar-refractivity contribution in [2.75, 3.05) is 26.2 Å². The molecule has 0 bridgehead atoms. The average molecular weight is 255 g/mol. The molecule has 18 heavy (non-hydrogen) atoms. The zero-order valence-electron chi connectivity index (χ0n) is 12.0. The molecule has 106 valence electrons. The van der Waals surface area contributed by atoms with E-state index in [-0.39, 0.29) is 12.5 Å². The van der Waals surface area contributed by atoms with E-state index in [1.807, 2.05) is 0 Å². The van der Waals surface area contributed by atoms with Gasteiger partial charge in [0.2, 0.25) is 0 Å². The monoisotopic (exact) mass is 255 g/mol. The molecule has 1 rings (SSSR count). The lowest BCUT2D eigenvalue weighted by atomic mass is 9.78. The molecule has 3 heteroatoms. The van der Waals surface area contributed by atoms with E-state index in [0.29, 0.717) is 12.3 Å². The normalized spacial score (nSPS) is 24.8. The molecule has 0 aromatic carbocycles. The van der Waals surface area contributed by atoms with Gasteiger partial charge in [-0.2, -0.15) is 0 Å². The molecular weight excluding hydrogens is 226 g/mol. The van der Waals surface area contributed by atoms with E-state index in [9.17, 15) is 4.79 Å². The largest absolute Gasteiger partial charge is 0.395 e. The van der Waals surface area contributed by atoms with Crippen molar-refractivity contribution in [3.8, 4) is 0 Å². The lowest BCUT2D eigenvalue weighted by Crippen LogP contribution is -2.38. The Morgan fingerprint density at radius 2 is 2.06 bits per heavy atom. The molecule has 0 heterocycles. The van der Waals surface area contributed by atoms with Gasteiger partial charge in [-0.3, -0.25) is 4.79 Å². The summed E-state index contributed by atoms with van der Waals surface area (Å²) >= 11 is 0. The van der Waals surface area contributed by atoms with Crippen LogP contribution in [0.5, 0.6) is 0 Å². The summed E-state index contributed by atoms with van der Waals surface area (Å²) in [5, 5.41) is 9.07. The zero-order chi connectivity index (χ0) is 13.4. The molecule has 1 aliphatic carbocycles. The quantitative estimate of drug-likeness (QED) is 0.724. The molecule has 0 saturated heterocycles. The van der Waals surface area contributed by atoms with E-state index in [0.717, 1.165) is 44.7 Å². The summed E-state index contributed by atoms with van der Waals surface area (Å²) in [6.07, 6.45) is 6.50. The first-order chi connectivity index (χ1) is 8.71. The van der Waals surface area contributed by atoms with Crippen LogP contribution in [0, 0.1) is 11.8 Å². The number of rotatable bonds is 8. The molecule has 1 fully saturated rings. The van der Waals surface area contributed by atoms with Crippen LogP contribution in [0.2, 0.25) is 0 Å². The van der Waals surface area contributed by atoms with Gasteiger partial charge >= 0.3 is 0 Å². The van der Waals surface area contributed by atoms with Crippen LogP contribution in [-0.2, 0) is 4.79 Å². The summed E-state index contributed by atoms with van der Waals surface area (Å²) < 4.78 is 0. The summed E-state index contributed by atoms with van der Waals surface area (Å²) in [5.74, 6) is 1.41. The summed E-state index contributed by atoms with van der Waals surface area (Å²) in [6, 6.07) is 0. The van der Waals surface area contributed by atoms with Crippen LogP contribution in [0.3, 0.4) is 0 Å². The number of carbonyl (C=O) groups is 1. The minimum Gasteiger partial charge on any atom is -0.395 e. The van der Waals surface area contributed by atoms with E-state index in [1.165, 1.54) is 12.8 Å². The van der Waals surface area contributed by atoms with E-state index >= 15 is 0 Å². The molecular formula is C15H29NO2. The van der Waals surface area contributed by atoms with Gasteiger partial charge in [-0.05, 0) is 31.7 Å². The van der Waals surface area contributed by atoms with Crippen LogP contribution in [0.25, 0.3) is 0 Å². The second-order valence-corrected chi connectivity index (χ2v) is 5.62. The van der Waals surface area contributed by atoms with Gasteiger partial charge < -0.3 is 10.0 Å². The van der Waals surface area contributed by atoms with E-state index in [2.05, 4.69) is 18.7 Å². The molecule has 0 amide bonds. The first kappa shape index (κ1) is 15.6. The van der Waals surface area contributed by atoms with E-state index in [1.54, 1.807) is 0 Å². The Hall–Kier alpha value is -0.410. The molecule has 2 unspecified atom stereocenters. The van der Waals surface area contributed by atoms with Crippen molar-refractivity contribution in [1.82, 2.24) is 4.90 Å². The highest BCUT2D eigenvalue weighted by atomic mass is 16.3. The van der Waals surface area contributed by atoms with E-state index < -0.39 is 0 Å². The Balaban J connectivity index is 2.47. The number of nitrogens with zero attached hydrogens (tertiary/aromatic N) is 1. The summed E-state index contributed by atoms with van der Waals surface area (Å²) in [7, 11) is 0. The van der Waals surface area contributed by atoms with Gasteiger partial charge in [-0.15, -0.1) is 0 Å². The van der Waals surface area contributed by atoms with Crippen molar-refractivity contribution >= 4 is 5.78 Å². The highest BCUT2D eigenvalue weighted by Gasteiger charge is 2.29. The van der Waals surface area contributed by atoms with Crippen molar-refractivity contribution in [3.63, 3.8) is 0 Å². The van der Waals surface area contributed by atoms with Crippen LogP contribution in [0.4, 0.5) is 0 Å². The average Bonchev–Trinajstić information content (AvgIpc) is 2.34. The second kappa shape index (κ2) is 8.65. The van der Waals surface area contributed by atoms with Gasteiger partial charge in [-0.25, -0.2) is 0 Å². The third-order valence-electron chi connectivity index (χ3n) is 4.00. The molecule has 1 aliphatic rings. The van der Waals surface area contributed by atoms with Crippen molar-refractivity contribution in [3.05, 3.63) is 0 Å². The fourth-order valence-corrected chi connectivity index (χ4v) is 3.11. The lowest BCUT2D eigenvalue weighted by molar-refractivity contribution is -0.126. The number of hydrogen-bond acceptors (Lipinski definition) is 3. The third-order valence-corrected chi connectivity index (χ3v) is 4.00. The smallest absolute Gasteiger partial charge is 0.137 e. The first-order valence-corrected chi connectivity index (χ1v) is 7.57. The van der Waals surface area contributed by atoms with Gasteiger partial charge in [0.1, 0.15) is 5.78 Å². The maximum atomic E-state index is 12.0. The van der Waals surface area contributed by atoms with Gasteiger partial charge in [0.25, 0.3) is 0 Å². The number of hydrogen-bond donors (Lipinski definition) is 1. The van der Waals surface area contributed by atoms with Crippen LogP contribution < -0.4 is 0 Å². The number of carbonyl (C=O) groups excluding carboxylic acids is 1. The molecule has 0 aromatic heterocycles. The lowest BCUT2D eigenvalue weighted by Gasteiger charge is -2.32. The number of Topliss-reactive ketones (excluding diaryl/α,β-unsaturated/α-hetero) is 1. The summed E-state index contributed by atoms with van der Waals surface area (Å²) in [6.45, 7) is 7.11. The Morgan fingerprint density at radius 3 is 2.67 bits per heavy atom. The van der Waals surface area contributed by atoms with Gasteiger partial charge in [-0.1, -0.05) is 26.7 Å². The fourth-order valence-electron chi connectivity index (χ4n) is 3.11. The molecule has 0 aromatic rings. The summed E-state index contributed by atoms with van der Waals surface area (Å²) in [5.41, 5.74) is 0. The Bertz CT molecular complexity index is 237. The molecule has 0 aliphatic heterocycles. The van der Waals surface area contributed by atoms with Crippen LogP contribution in [0.1, 0.15) is 52.4 Å². The molecule has 1 N–H and O–H groups in total. The zero-order valence-corrected chi connectivity index (χ0v) is 12.0. The molecule has 3 nitrogen and oxygen atoms in total. The minimum atomic E-state index is 0.194. The highest BCUT2D eigenvalue weighted by Crippen LogP contribution is 2.30. The summed E-state index contributed by atoms with van der Waals surface area (Å²) in [4.78, 5) is 14.2. The van der Waals surface area contributed by atoms with Crippen LogP contribution >= 0.6 is 0 Å². The van der Waals surface area contributed by atoms with Gasteiger partial charge in [0.05, 0.1) is 6.61 Å². The fraction of sp³-hybridized carbons (Fsp3) is 0.933. The van der Waals surface area contributed by atoms with Crippen molar-refractivity contribution in [2.45, 2.75) is 52.4 Å². The number of aliphatic hydroxyl groups excluding tert-OH is 1. The Labute approximate surface area is 112 Å². The predicted molar refractivity (Wildman–Crippen MR) is 74.6 cm³/mol. The highest BCUT2D eigenvalue weighted by molar-refractivity contribution is 5.81. The molecule has 2 atom stereocenters. The van der Waals surface area contributed by atoms with Crippen molar-refractivity contribution in [2.24, 2.45) is 11.8 Å².